The number of nitrogens with two attached hydrogens (primary N) is 1. The summed E-state index contributed by atoms with van der Waals surface area (Å²) in [4.78, 5) is 6.80. The Bertz CT molecular complexity index is 571. The van der Waals surface area contributed by atoms with Crippen molar-refractivity contribution in [1.29, 1.82) is 0 Å². The fraction of sp³-hybridized carbons (Fsp3) is 0.500. The van der Waals surface area contributed by atoms with Crippen LogP contribution >= 0.6 is 15.9 Å². The van der Waals surface area contributed by atoms with Gasteiger partial charge in [0, 0.05) is 5.56 Å². The summed E-state index contributed by atoms with van der Waals surface area (Å²) in [6.45, 7) is 2.25. The van der Waals surface area contributed by atoms with Gasteiger partial charge in [0.15, 0.2) is 5.65 Å². The lowest BCUT2D eigenvalue weighted by Gasteiger charge is -2.29. The maximum absolute atomic E-state index is 5.90. The monoisotopic (exact) mass is 309 g/mol. The Hall–Kier alpha value is -1.14. The average molecular weight is 310 g/mol. The van der Waals surface area contributed by atoms with Gasteiger partial charge in [-0.25, -0.2) is 9.50 Å². The van der Waals surface area contributed by atoms with Crippen molar-refractivity contribution in [2.75, 3.05) is 25.9 Å². The summed E-state index contributed by atoms with van der Waals surface area (Å²) in [7, 11) is 2.17. The van der Waals surface area contributed by atoms with Crippen LogP contribution in [0.25, 0.3) is 5.65 Å². The first-order chi connectivity index (χ1) is 8.65. The molecule has 2 N–H and O–H groups in total. The minimum Gasteiger partial charge on any atom is -0.382 e. The van der Waals surface area contributed by atoms with Crippen molar-refractivity contribution in [3.8, 4) is 0 Å². The van der Waals surface area contributed by atoms with Crippen LogP contribution < -0.4 is 5.73 Å². The average Bonchev–Trinajstić information content (AvgIpc) is 2.71. The van der Waals surface area contributed by atoms with E-state index in [2.05, 4.69) is 38.0 Å². The predicted molar refractivity (Wildman–Crippen MR) is 74.6 cm³/mol. The van der Waals surface area contributed by atoms with E-state index >= 15 is 0 Å². The first kappa shape index (κ1) is 11.9. The number of aromatic nitrogens is 3. The van der Waals surface area contributed by atoms with E-state index in [9.17, 15) is 0 Å². The lowest BCUT2D eigenvalue weighted by molar-refractivity contribution is 0.255. The summed E-state index contributed by atoms with van der Waals surface area (Å²) >= 11 is 3.44. The molecule has 0 amide bonds. The third-order valence-corrected chi connectivity index (χ3v) is 4.17. The molecule has 2 aromatic rings. The second-order valence-electron chi connectivity index (χ2n) is 4.92. The summed E-state index contributed by atoms with van der Waals surface area (Å²) in [6.07, 6.45) is 4.08. The van der Waals surface area contributed by atoms with E-state index in [0.717, 1.165) is 36.2 Å². The highest BCUT2D eigenvalue weighted by Gasteiger charge is 2.22. The molecule has 0 atom stereocenters. The van der Waals surface area contributed by atoms with E-state index in [1.807, 2.05) is 6.07 Å². The maximum atomic E-state index is 5.90. The summed E-state index contributed by atoms with van der Waals surface area (Å²) in [6, 6.07) is 1.98. The standard InChI is InChI=1S/C12H16BrN5/c1-17-4-2-8(3-5-17)9-6-11(14)16-18-10(13)7-15-12(9)18/h6-8H,2-5H2,1H3,(H2,14,16). The fourth-order valence-electron chi connectivity index (χ4n) is 2.61. The Morgan fingerprint density at radius 3 is 2.83 bits per heavy atom. The molecule has 18 heavy (non-hydrogen) atoms. The van der Waals surface area contributed by atoms with Crippen LogP contribution in [0.2, 0.25) is 0 Å². The lowest BCUT2D eigenvalue weighted by atomic mass is 9.90. The van der Waals surface area contributed by atoms with Gasteiger partial charge in [0.1, 0.15) is 10.4 Å². The number of nitrogens with zero attached hydrogens (tertiary/aromatic N) is 4. The predicted octanol–water partition coefficient (Wildman–Crippen LogP) is 1.88. The topological polar surface area (TPSA) is 59.5 Å². The summed E-state index contributed by atoms with van der Waals surface area (Å²) in [5.41, 5.74) is 8.04. The van der Waals surface area contributed by atoms with Crippen LogP contribution in [0.5, 0.6) is 0 Å². The van der Waals surface area contributed by atoms with Crippen molar-refractivity contribution in [2.24, 2.45) is 0 Å². The van der Waals surface area contributed by atoms with Crippen LogP contribution in [-0.4, -0.2) is 39.6 Å². The molecule has 96 valence electrons. The molecular formula is C12H16BrN5. The van der Waals surface area contributed by atoms with E-state index in [1.54, 1.807) is 10.7 Å². The van der Waals surface area contributed by atoms with Crippen molar-refractivity contribution in [3.05, 3.63) is 22.4 Å². The van der Waals surface area contributed by atoms with E-state index in [0.29, 0.717) is 11.7 Å². The van der Waals surface area contributed by atoms with Gasteiger partial charge >= 0.3 is 0 Å². The number of likely N-dealkylation sites (tertiary alicyclic amines) is 1. The largest absolute Gasteiger partial charge is 0.382 e. The Balaban J connectivity index is 2.05. The maximum Gasteiger partial charge on any atom is 0.158 e. The van der Waals surface area contributed by atoms with Crippen LogP contribution in [0.4, 0.5) is 5.82 Å². The zero-order chi connectivity index (χ0) is 12.7. The first-order valence-electron chi connectivity index (χ1n) is 6.13. The number of nitrogen functional groups attached to an aromatic ring is 1. The van der Waals surface area contributed by atoms with Crippen LogP contribution in [0.1, 0.15) is 24.3 Å². The van der Waals surface area contributed by atoms with Crippen LogP contribution in [-0.2, 0) is 0 Å². The van der Waals surface area contributed by atoms with Crippen LogP contribution in [0, 0.1) is 0 Å². The smallest absolute Gasteiger partial charge is 0.158 e. The van der Waals surface area contributed by atoms with Crippen molar-refractivity contribution in [1.82, 2.24) is 19.5 Å². The van der Waals surface area contributed by atoms with Gasteiger partial charge in [0.2, 0.25) is 0 Å². The molecule has 3 rings (SSSR count). The molecule has 0 aliphatic carbocycles. The van der Waals surface area contributed by atoms with Gasteiger partial charge in [-0.3, -0.25) is 0 Å². The zero-order valence-electron chi connectivity index (χ0n) is 10.3. The molecule has 0 aromatic carbocycles. The third kappa shape index (κ3) is 1.99. The number of hydrogen-bond donors (Lipinski definition) is 1. The number of anilines is 1. The molecule has 3 heterocycles. The molecule has 0 spiro atoms. The van der Waals surface area contributed by atoms with E-state index in [1.165, 1.54) is 5.56 Å². The van der Waals surface area contributed by atoms with Crippen molar-refractivity contribution in [3.63, 3.8) is 0 Å². The Kier molecular flexibility index (Phi) is 2.99. The van der Waals surface area contributed by atoms with Gasteiger partial charge in [-0.2, -0.15) is 0 Å². The van der Waals surface area contributed by atoms with Gasteiger partial charge in [-0.1, -0.05) is 0 Å². The molecule has 1 aliphatic heterocycles. The van der Waals surface area contributed by atoms with Crippen molar-refractivity contribution in [2.45, 2.75) is 18.8 Å². The molecule has 5 nitrogen and oxygen atoms in total. The molecule has 0 saturated carbocycles. The molecule has 1 aliphatic rings. The van der Waals surface area contributed by atoms with Crippen molar-refractivity contribution >= 4 is 27.4 Å². The number of hydrogen-bond acceptors (Lipinski definition) is 4. The normalized spacial score (nSPS) is 18.6. The van der Waals surface area contributed by atoms with Gasteiger partial charge in [-0.15, -0.1) is 5.10 Å². The molecule has 0 radical (unpaired) electrons. The number of fused-ring (bicyclic) bond motifs is 1. The Morgan fingerprint density at radius 2 is 2.11 bits per heavy atom. The Labute approximate surface area is 114 Å². The van der Waals surface area contributed by atoms with Crippen LogP contribution in [0.3, 0.4) is 0 Å². The quantitative estimate of drug-likeness (QED) is 0.874. The zero-order valence-corrected chi connectivity index (χ0v) is 11.9. The minimum absolute atomic E-state index is 0.531. The summed E-state index contributed by atoms with van der Waals surface area (Å²) in [5.74, 6) is 1.08. The highest BCUT2D eigenvalue weighted by atomic mass is 79.9. The minimum atomic E-state index is 0.531. The molecule has 1 saturated heterocycles. The SMILES string of the molecule is CN1CCC(c2cc(N)nn3c(Br)cnc23)CC1. The Morgan fingerprint density at radius 1 is 1.39 bits per heavy atom. The number of rotatable bonds is 1. The number of halogens is 1. The number of piperidine rings is 1. The summed E-state index contributed by atoms with van der Waals surface area (Å²) in [5, 5.41) is 4.28. The molecule has 1 fully saturated rings. The second kappa shape index (κ2) is 4.51. The molecular weight excluding hydrogens is 294 g/mol. The van der Waals surface area contributed by atoms with Gasteiger partial charge in [-0.05, 0) is 60.9 Å². The van der Waals surface area contributed by atoms with Crippen molar-refractivity contribution < 1.29 is 0 Å². The fourth-order valence-corrected chi connectivity index (χ4v) is 2.95. The molecule has 2 aromatic heterocycles. The summed E-state index contributed by atoms with van der Waals surface area (Å²) < 4.78 is 2.63. The van der Waals surface area contributed by atoms with Gasteiger partial charge in [0.05, 0.1) is 6.20 Å². The highest BCUT2D eigenvalue weighted by molar-refractivity contribution is 9.10. The molecule has 0 bridgehead atoms. The second-order valence-corrected chi connectivity index (χ2v) is 5.73. The van der Waals surface area contributed by atoms with Gasteiger partial charge < -0.3 is 10.6 Å². The van der Waals surface area contributed by atoms with Crippen LogP contribution in [0.15, 0.2) is 16.9 Å². The van der Waals surface area contributed by atoms with E-state index in [-0.39, 0.29) is 0 Å². The number of imidazole rings is 1. The molecule has 0 unspecified atom stereocenters. The van der Waals surface area contributed by atoms with E-state index < -0.39 is 0 Å². The highest BCUT2D eigenvalue weighted by Crippen LogP contribution is 2.31. The van der Waals surface area contributed by atoms with Gasteiger partial charge in [0.25, 0.3) is 0 Å². The van der Waals surface area contributed by atoms with E-state index in [4.69, 9.17) is 5.73 Å². The third-order valence-electron chi connectivity index (χ3n) is 3.63. The first-order valence-corrected chi connectivity index (χ1v) is 6.92. The lowest BCUT2D eigenvalue weighted by Crippen LogP contribution is -2.29. The molecule has 6 heteroatoms.